The van der Waals surface area contributed by atoms with Gasteiger partial charge in [0.05, 0.1) is 6.07 Å². The summed E-state index contributed by atoms with van der Waals surface area (Å²) in [6.07, 6.45) is 2.96. The average Bonchev–Trinajstić information content (AvgIpc) is 2.40. The zero-order valence-electron chi connectivity index (χ0n) is 13.6. The fourth-order valence-electron chi connectivity index (χ4n) is 2.87. The number of hydrogen-bond donors (Lipinski definition) is 1. The Morgan fingerprint density at radius 1 is 1.36 bits per heavy atom. The van der Waals surface area contributed by atoms with Crippen molar-refractivity contribution in [2.75, 3.05) is 0 Å². The summed E-state index contributed by atoms with van der Waals surface area (Å²) in [5, 5.41) is 12.1. The number of benzene rings is 1. The molecule has 0 aromatic heterocycles. The summed E-state index contributed by atoms with van der Waals surface area (Å²) in [5.41, 5.74) is 0.0259. The summed E-state index contributed by atoms with van der Waals surface area (Å²) in [6.45, 7) is 5.44. The summed E-state index contributed by atoms with van der Waals surface area (Å²) in [5.74, 6) is 0.481. The first-order chi connectivity index (χ1) is 10.3. The Morgan fingerprint density at radius 2 is 2.00 bits per heavy atom. The van der Waals surface area contributed by atoms with Crippen molar-refractivity contribution in [3.63, 3.8) is 0 Å². The molecule has 0 spiro atoms. The van der Waals surface area contributed by atoms with Crippen LogP contribution in [0.5, 0.6) is 0 Å². The number of hydrogen-bond acceptors (Lipinski definition) is 3. The number of aryl methyl sites for hydroxylation is 1. The molecule has 1 aliphatic carbocycles. The highest BCUT2D eigenvalue weighted by Crippen LogP contribution is 2.40. The standard InChI is InChI=1S/C18H24N2O2/c1-17(2,3)22-16(21)20-18(13-19)11-15(12-18)10-9-14-7-5-4-6-8-14/h4-8,15H,9-12H2,1-3H3,(H,20,21). The van der Waals surface area contributed by atoms with Gasteiger partial charge in [-0.25, -0.2) is 4.79 Å². The van der Waals surface area contributed by atoms with E-state index < -0.39 is 17.2 Å². The maximum absolute atomic E-state index is 11.8. The van der Waals surface area contributed by atoms with Gasteiger partial charge in [-0.1, -0.05) is 30.3 Å². The molecule has 4 heteroatoms. The van der Waals surface area contributed by atoms with Gasteiger partial charge in [-0.2, -0.15) is 5.26 Å². The van der Waals surface area contributed by atoms with Gasteiger partial charge in [0.25, 0.3) is 0 Å². The molecule has 1 saturated carbocycles. The van der Waals surface area contributed by atoms with Crippen LogP contribution in [-0.2, 0) is 11.2 Å². The second-order valence-corrected chi connectivity index (χ2v) is 7.12. The molecule has 0 heterocycles. The largest absolute Gasteiger partial charge is 0.444 e. The van der Waals surface area contributed by atoms with Crippen LogP contribution in [0.15, 0.2) is 30.3 Å². The van der Waals surface area contributed by atoms with Gasteiger partial charge in [0.15, 0.2) is 0 Å². The first-order valence-electron chi connectivity index (χ1n) is 7.78. The highest BCUT2D eigenvalue weighted by Gasteiger charge is 2.46. The maximum atomic E-state index is 11.8. The van der Waals surface area contributed by atoms with E-state index in [9.17, 15) is 10.1 Å². The van der Waals surface area contributed by atoms with Crippen LogP contribution in [-0.4, -0.2) is 17.2 Å². The van der Waals surface area contributed by atoms with Crippen molar-refractivity contribution in [3.05, 3.63) is 35.9 Å². The van der Waals surface area contributed by atoms with E-state index in [1.165, 1.54) is 5.56 Å². The van der Waals surface area contributed by atoms with Crippen molar-refractivity contribution in [3.8, 4) is 6.07 Å². The minimum atomic E-state index is -0.746. The molecule has 1 aliphatic rings. The van der Waals surface area contributed by atoms with Crippen LogP contribution in [0.1, 0.15) is 45.6 Å². The van der Waals surface area contributed by atoms with Crippen LogP contribution in [0.3, 0.4) is 0 Å². The summed E-state index contributed by atoms with van der Waals surface area (Å²) >= 11 is 0. The Balaban J connectivity index is 1.79. The van der Waals surface area contributed by atoms with Gasteiger partial charge in [-0.15, -0.1) is 0 Å². The second-order valence-electron chi connectivity index (χ2n) is 7.12. The van der Waals surface area contributed by atoms with Crippen molar-refractivity contribution in [1.82, 2.24) is 5.32 Å². The molecule has 1 N–H and O–H groups in total. The number of carbonyl (C=O) groups is 1. The zero-order chi connectivity index (χ0) is 16.2. The van der Waals surface area contributed by atoms with Gasteiger partial charge in [0.1, 0.15) is 11.1 Å². The van der Waals surface area contributed by atoms with E-state index >= 15 is 0 Å². The van der Waals surface area contributed by atoms with E-state index in [2.05, 4.69) is 23.5 Å². The molecular formula is C18H24N2O2. The number of ether oxygens (including phenoxy) is 1. The monoisotopic (exact) mass is 300 g/mol. The molecule has 0 saturated heterocycles. The number of nitrogens with zero attached hydrogens (tertiary/aromatic N) is 1. The Kier molecular flexibility index (Phi) is 4.75. The van der Waals surface area contributed by atoms with E-state index in [0.29, 0.717) is 18.8 Å². The average molecular weight is 300 g/mol. The minimum absolute atomic E-state index is 0.481. The number of amides is 1. The van der Waals surface area contributed by atoms with Crippen LogP contribution in [0.25, 0.3) is 0 Å². The predicted molar refractivity (Wildman–Crippen MR) is 85.2 cm³/mol. The number of alkyl carbamates (subject to hydrolysis) is 1. The van der Waals surface area contributed by atoms with Crippen molar-refractivity contribution >= 4 is 6.09 Å². The lowest BCUT2D eigenvalue weighted by atomic mass is 9.67. The summed E-state index contributed by atoms with van der Waals surface area (Å²) in [4.78, 5) is 11.8. The lowest BCUT2D eigenvalue weighted by Gasteiger charge is -2.43. The van der Waals surface area contributed by atoms with Crippen molar-refractivity contribution in [2.24, 2.45) is 5.92 Å². The van der Waals surface area contributed by atoms with E-state index in [1.54, 1.807) is 0 Å². The van der Waals surface area contributed by atoms with Gasteiger partial charge in [-0.05, 0) is 57.9 Å². The molecule has 0 radical (unpaired) electrons. The second kappa shape index (κ2) is 6.39. The number of nitrogens with one attached hydrogen (secondary N) is 1. The molecule has 4 nitrogen and oxygen atoms in total. The summed E-state index contributed by atoms with van der Waals surface area (Å²) < 4.78 is 5.23. The third-order valence-electron chi connectivity index (χ3n) is 3.91. The van der Waals surface area contributed by atoms with Crippen LogP contribution in [0.2, 0.25) is 0 Å². The van der Waals surface area contributed by atoms with Gasteiger partial charge in [-0.3, -0.25) is 0 Å². The summed E-state index contributed by atoms with van der Waals surface area (Å²) in [6, 6.07) is 12.6. The van der Waals surface area contributed by atoms with Crippen molar-refractivity contribution < 1.29 is 9.53 Å². The Labute approximate surface area is 132 Å². The minimum Gasteiger partial charge on any atom is -0.444 e. The van der Waals surface area contributed by atoms with Gasteiger partial charge < -0.3 is 10.1 Å². The molecule has 1 aromatic rings. The molecule has 0 aliphatic heterocycles. The Morgan fingerprint density at radius 3 is 2.55 bits per heavy atom. The summed E-state index contributed by atoms with van der Waals surface area (Å²) in [7, 11) is 0. The SMILES string of the molecule is CC(C)(C)OC(=O)NC1(C#N)CC(CCc2ccccc2)C1. The first kappa shape index (κ1) is 16.4. The maximum Gasteiger partial charge on any atom is 0.408 e. The molecule has 2 rings (SSSR count). The Hall–Kier alpha value is -2.02. The van der Waals surface area contributed by atoms with Gasteiger partial charge in [0.2, 0.25) is 0 Å². The van der Waals surface area contributed by atoms with Crippen LogP contribution < -0.4 is 5.32 Å². The quantitative estimate of drug-likeness (QED) is 0.919. The smallest absolute Gasteiger partial charge is 0.408 e. The predicted octanol–water partition coefficient (Wildman–Crippen LogP) is 3.82. The number of rotatable bonds is 4. The highest BCUT2D eigenvalue weighted by molar-refractivity contribution is 5.69. The normalized spacial score (nSPS) is 24.0. The van der Waals surface area contributed by atoms with E-state index in [1.807, 2.05) is 39.0 Å². The molecule has 0 atom stereocenters. The first-order valence-corrected chi connectivity index (χ1v) is 7.78. The Bertz CT molecular complexity index is 549. The molecular weight excluding hydrogens is 276 g/mol. The molecule has 0 unspecified atom stereocenters. The molecule has 0 bridgehead atoms. The van der Waals surface area contributed by atoms with Gasteiger partial charge in [0, 0.05) is 0 Å². The van der Waals surface area contributed by atoms with E-state index in [-0.39, 0.29) is 0 Å². The number of carbonyl (C=O) groups excluding carboxylic acids is 1. The van der Waals surface area contributed by atoms with Crippen LogP contribution in [0, 0.1) is 17.2 Å². The lowest BCUT2D eigenvalue weighted by Crippen LogP contribution is -2.57. The molecule has 1 fully saturated rings. The third kappa shape index (κ3) is 4.49. The fourth-order valence-corrected chi connectivity index (χ4v) is 2.87. The molecule has 22 heavy (non-hydrogen) atoms. The van der Waals surface area contributed by atoms with E-state index in [4.69, 9.17) is 4.74 Å². The van der Waals surface area contributed by atoms with E-state index in [0.717, 1.165) is 12.8 Å². The fraction of sp³-hybridized carbons (Fsp3) is 0.556. The highest BCUT2D eigenvalue weighted by atomic mass is 16.6. The molecule has 1 amide bonds. The lowest BCUT2D eigenvalue weighted by molar-refractivity contribution is 0.0379. The third-order valence-corrected chi connectivity index (χ3v) is 3.91. The van der Waals surface area contributed by atoms with Crippen LogP contribution in [0.4, 0.5) is 4.79 Å². The zero-order valence-corrected chi connectivity index (χ0v) is 13.6. The molecule has 1 aromatic carbocycles. The topological polar surface area (TPSA) is 62.1 Å². The van der Waals surface area contributed by atoms with Gasteiger partial charge >= 0.3 is 6.09 Å². The number of nitriles is 1. The molecule has 118 valence electrons. The van der Waals surface area contributed by atoms with Crippen molar-refractivity contribution in [2.45, 2.75) is 57.6 Å². The van der Waals surface area contributed by atoms with Crippen LogP contribution >= 0.6 is 0 Å². The van der Waals surface area contributed by atoms with Crippen molar-refractivity contribution in [1.29, 1.82) is 5.26 Å².